The minimum Gasteiger partial charge on any atom is -0.472 e. The van der Waals surface area contributed by atoms with Gasteiger partial charge in [-0.25, -0.2) is 14.2 Å². The summed E-state index contributed by atoms with van der Waals surface area (Å²) in [6, 6.07) is 13.2. The number of hydrogen-bond acceptors (Lipinski definition) is 5. The smallest absolute Gasteiger partial charge is 0.354 e. The first kappa shape index (κ1) is 18.4. The first-order valence-electron chi connectivity index (χ1n) is 7.88. The summed E-state index contributed by atoms with van der Waals surface area (Å²) in [6.45, 7) is 2.10. The topological polar surface area (TPSA) is 48.4 Å². The molecule has 1 aromatic heterocycles. The van der Waals surface area contributed by atoms with Crippen molar-refractivity contribution in [1.29, 1.82) is 0 Å². The van der Waals surface area contributed by atoms with Gasteiger partial charge in [-0.1, -0.05) is 41.9 Å². The summed E-state index contributed by atoms with van der Waals surface area (Å²) in [6.07, 6.45) is 0. The average molecular weight is 392 g/mol. The van der Waals surface area contributed by atoms with Gasteiger partial charge >= 0.3 is 5.97 Å². The van der Waals surface area contributed by atoms with E-state index < -0.39 is 5.97 Å². The largest absolute Gasteiger partial charge is 0.472 e. The highest BCUT2D eigenvalue weighted by atomic mass is 35.5. The number of aromatic nitrogens is 1. The fourth-order valence-corrected chi connectivity index (χ4v) is 3.33. The lowest BCUT2D eigenvalue weighted by Crippen LogP contribution is -2.06. The molecule has 0 fully saturated rings. The molecule has 3 rings (SSSR count). The van der Waals surface area contributed by atoms with E-state index in [2.05, 4.69) is 4.98 Å². The Morgan fingerprint density at radius 1 is 1.23 bits per heavy atom. The van der Waals surface area contributed by atoms with Crippen molar-refractivity contribution in [2.75, 3.05) is 6.61 Å². The molecule has 0 saturated carbocycles. The van der Waals surface area contributed by atoms with Crippen LogP contribution in [0.25, 0.3) is 10.6 Å². The van der Waals surface area contributed by atoms with E-state index in [-0.39, 0.29) is 29.8 Å². The molecule has 1 heterocycles. The number of rotatable bonds is 6. The second-order valence-electron chi connectivity index (χ2n) is 5.26. The van der Waals surface area contributed by atoms with Gasteiger partial charge in [0.15, 0.2) is 4.88 Å². The van der Waals surface area contributed by atoms with E-state index in [4.69, 9.17) is 21.1 Å². The van der Waals surface area contributed by atoms with E-state index in [1.807, 2.05) is 18.2 Å². The Kier molecular flexibility index (Phi) is 5.85. The van der Waals surface area contributed by atoms with Gasteiger partial charge in [0, 0.05) is 16.1 Å². The Bertz CT molecular complexity index is 929. The van der Waals surface area contributed by atoms with Crippen LogP contribution in [0.2, 0.25) is 5.02 Å². The van der Waals surface area contributed by atoms with Crippen LogP contribution in [0.15, 0.2) is 48.5 Å². The zero-order valence-corrected chi connectivity index (χ0v) is 15.4. The molecule has 0 N–H and O–H groups in total. The Hall–Kier alpha value is -2.44. The van der Waals surface area contributed by atoms with Crippen molar-refractivity contribution in [3.8, 4) is 16.5 Å². The zero-order chi connectivity index (χ0) is 18.5. The minimum atomic E-state index is -0.526. The van der Waals surface area contributed by atoms with Gasteiger partial charge in [-0.3, -0.25) is 0 Å². The number of carbonyl (C=O) groups is 1. The minimum absolute atomic E-state index is 0.146. The van der Waals surface area contributed by atoms with E-state index in [0.717, 1.165) is 16.9 Å². The lowest BCUT2D eigenvalue weighted by atomic mass is 10.2. The second kappa shape index (κ2) is 8.29. The summed E-state index contributed by atoms with van der Waals surface area (Å²) in [5.41, 5.74) is 1.33. The van der Waals surface area contributed by atoms with Crippen LogP contribution < -0.4 is 4.74 Å². The molecule has 0 atom stereocenters. The van der Waals surface area contributed by atoms with Gasteiger partial charge in [-0.05, 0) is 25.1 Å². The molecule has 26 heavy (non-hydrogen) atoms. The van der Waals surface area contributed by atoms with Crippen molar-refractivity contribution in [2.45, 2.75) is 13.5 Å². The molecule has 0 aliphatic carbocycles. The Morgan fingerprint density at radius 3 is 2.77 bits per heavy atom. The maximum absolute atomic E-state index is 13.5. The van der Waals surface area contributed by atoms with Gasteiger partial charge in [0.05, 0.1) is 6.61 Å². The number of benzene rings is 2. The van der Waals surface area contributed by atoms with Crippen LogP contribution in [-0.2, 0) is 11.3 Å². The van der Waals surface area contributed by atoms with Gasteiger partial charge in [-0.15, -0.1) is 11.3 Å². The van der Waals surface area contributed by atoms with Crippen molar-refractivity contribution < 1.29 is 18.7 Å². The summed E-state index contributed by atoms with van der Waals surface area (Å²) >= 11 is 7.23. The van der Waals surface area contributed by atoms with Gasteiger partial charge in [0.2, 0.25) is 5.88 Å². The first-order valence-corrected chi connectivity index (χ1v) is 9.08. The summed E-state index contributed by atoms with van der Waals surface area (Å²) in [4.78, 5) is 16.8. The molecule has 0 spiro atoms. The molecule has 0 amide bonds. The molecular weight excluding hydrogens is 377 g/mol. The Balaban J connectivity index is 1.91. The fourth-order valence-electron chi connectivity index (χ4n) is 2.24. The Labute approximate surface area is 159 Å². The standard InChI is InChI=1S/C19H15ClFNO3S/c1-2-24-19(23)16-17(25-11-13-6-3-4-9-15(13)20)22-18(26-16)12-7-5-8-14(21)10-12/h3-10H,2,11H2,1H3. The predicted octanol–water partition coefficient (Wildman–Crippen LogP) is 5.36. The summed E-state index contributed by atoms with van der Waals surface area (Å²) in [5.74, 6) is -0.761. The van der Waals surface area contributed by atoms with Crippen LogP contribution in [0.3, 0.4) is 0 Å². The van der Waals surface area contributed by atoms with Crippen LogP contribution in [-0.4, -0.2) is 17.6 Å². The van der Waals surface area contributed by atoms with Crippen molar-refractivity contribution in [2.24, 2.45) is 0 Å². The molecule has 7 heteroatoms. The maximum Gasteiger partial charge on any atom is 0.354 e. The second-order valence-corrected chi connectivity index (χ2v) is 6.67. The van der Waals surface area contributed by atoms with Gasteiger partial charge < -0.3 is 9.47 Å². The highest BCUT2D eigenvalue weighted by Crippen LogP contribution is 2.34. The van der Waals surface area contributed by atoms with E-state index in [1.165, 1.54) is 12.1 Å². The van der Waals surface area contributed by atoms with Gasteiger partial charge in [0.25, 0.3) is 0 Å². The third-order valence-corrected chi connectivity index (χ3v) is 4.89. The molecule has 3 aromatic rings. The molecule has 4 nitrogen and oxygen atoms in total. The molecule has 0 saturated heterocycles. The quantitative estimate of drug-likeness (QED) is 0.531. The number of nitrogens with zero attached hydrogens (tertiary/aromatic N) is 1. The Morgan fingerprint density at radius 2 is 2.04 bits per heavy atom. The number of halogens is 2. The fraction of sp³-hybridized carbons (Fsp3) is 0.158. The van der Waals surface area contributed by atoms with Crippen molar-refractivity contribution >= 4 is 28.9 Å². The lowest BCUT2D eigenvalue weighted by molar-refractivity contribution is 0.0526. The van der Waals surface area contributed by atoms with Gasteiger partial charge in [-0.2, -0.15) is 0 Å². The normalized spacial score (nSPS) is 10.6. The highest BCUT2D eigenvalue weighted by molar-refractivity contribution is 7.17. The molecule has 0 bridgehead atoms. The monoisotopic (exact) mass is 391 g/mol. The first-order chi connectivity index (χ1) is 12.6. The number of carbonyl (C=O) groups excluding carboxylic acids is 1. The molecule has 2 aromatic carbocycles. The third kappa shape index (κ3) is 4.20. The third-order valence-electron chi connectivity index (χ3n) is 3.45. The van der Waals surface area contributed by atoms with Gasteiger partial charge in [0.1, 0.15) is 17.4 Å². The number of hydrogen-bond donors (Lipinski definition) is 0. The van der Waals surface area contributed by atoms with Crippen molar-refractivity contribution in [3.05, 3.63) is 69.8 Å². The van der Waals surface area contributed by atoms with E-state index in [9.17, 15) is 9.18 Å². The summed E-state index contributed by atoms with van der Waals surface area (Å²) in [7, 11) is 0. The molecule has 0 aliphatic rings. The SMILES string of the molecule is CCOC(=O)c1sc(-c2cccc(F)c2)nc1OCc1ccccc1Cl. The molecule has 0 aliphatic heterocycles. The average Bonchev–Trinajstić information content (AvgIpc) is 3.06. The van der Waals surface area contributed by atoms with E-state index >= 15 is 0 Å². The predicted molar refractivity (Wildman–Crippen MR) is 99.2 cm³/mol. The van der Waals surface area contributed by atoms with Crippen LogP contribution in [0.4, 0.5) is 4.39 Å². The van der Waals surface area contributed by atoms with E-state index in [1.54, 1.807) is 25.1 Å². The van der Waals surface area contributed by atoms with Crippen LogP contribution in [0, 0.1) is 5.82 Å². The molecular formula is C19H15ClFNO3S. The molecule has 0 radical (unpaired) electrons. The lowest BCUT2D eigenvalue weighted by Gasteiger charge is -2.07. The zero-order valence-electron chi connectivity index (χ0n) is 13.9. The highest BCUT2D eigenvalue weighted by Gasteiger charge is 2.22. The number of ether oxygens (including phenoxy) is 2. The van der Waals surface area contributed by atoms with Crippen LogP contribution in [0.1, 0.15) is 22.2 Å². The van der Waals surface area contributed by atoms with E-state index in [0.29, 0.717) is 15.6 Å². The number of thiazole rings is 1. The van der Waals surface area contributed by atoms with Crippen molar-refractivity contribution in [1.82, 2.24) is 4.98 Å². The summed E-state index contributed by atoms with van der Waals surface area (Å²) in [5, 5.41) is 1.03. The van der Waals surface area contributed by atoms with Crippen LogP contribution in [0.5, 0.6) is 5.88 Å². The number of esters is 1. The maximum atomic E-state index is 13.5. The van der Waals surface area contributed by atoms with Crippen molar-refractivity contribution in [3.63, 3.8) is 0 Å². The van der Waals surface area contributed by atoms with Crippen LogP contribution >= 0.6 is 22.9 Å². The molecule has 134 valence electrons. The summed E-state index contributed by atoms with van der Waals surface area (Å²) < 4.78 is 24.3. The molecule has 0 unspecified atom stereocenters.